The molecule has 3 fully saturated rings. The Morgan fingerprint density at radius 2 is 2.00 bits per heavy atom. The lowest BCUT2D eigenvalue weighted by molar-refractivity contribution is -0.123. The molecule has 0 spiro atoms. The molecule has 8 heteroatoms. The van der Waals surface area contributed by atoms with Crippen LogP contribution in [0.2, 0.25) is 0 Å². The predicted octanol–water partition coefficient (Wildman–Crippen LogP) is 0.156. The average Bonchev–Trinajstić information content (AvgIpc) is 3.36. The molecule has 2 unspecified atom stereocenters. The van der Waals surface area contributed by atoms with E-state index < -0.39 is 6.04 Å². The summed E-state index contributed by atoms with van der Waals surface area (Å²) in [5.74, 6) is 0.852. The van der Waals surface area contributed by atoms with Crippen molar-refractivity contribution >= 4 is 17.8 Å². The molecule has 1 aromatic heterocycles. The second-order valence-electron chi connectivity index (χ2n) is 7.49. The first kappa shape index (κ1) is 16.9. The van der Waals surface area contributed by atoms with Crippen LogP contribution in [0.3, 0.4) is 0 Å². The summed E-state index contributed by atoms with van der Waals surface area (Å²) in [6.45, 7) is 4.67. The number of fused-ring (bicyclic) bond motifs is 1. The van der Waals surface area contributed by atoms with Crippen LogP contribution in [0.1, 0.15) is 30.3 Å². The van der Waals surface area contributed by atoms with Gasteiger partial charge in [0.05, 0.1) is 0 Å². The summed E-state index contributed by atoms with van der Waals surface area (Å²) >= 11 is 0. The lowest BCUT2D eigenvalue weighted by atomic mass is 10.0. The molecule has 0 radical (unpaired) electrons. The zero-order chi connectivity index (χ0) is 18.3. The molecular weight excluding hydrogens is 334 g/mol. The summed E-state index contributed by atoms with van der Waals surface area (Å²) in [5.41, 5.74) is 0.752. The van der Waals surface area contributed by atoms with Crippen molar-refractivity contribution < 1.29 is 14.4 Å². The van der Waals surface area contributed by atoms with Crippen LogP contribution in [0.5, 0.6) is 0 Å². The smallest absolute Gasteiger partial charge is 0.315 e. The first-order chi connectivity index (χ1) is 12.5. The highest BCUT2D eigenvalue weighted by molar-refractivity contribution is 5.93. The Labute approximate surface area is 152 Å². The largest absolute Gasteiger partial charge is 0.352 e. The lowest BCUT2D eigenvalue weighted by Gasteiger charge is -2.21. The monoisotopic (exact) mass is 359 g/mol. The zero-order valence-electron chi connectivity index (χ0n) is 14.9. The van der Waals surface area contributed by atoms with Crippen LogP contribution in [0.4, 0.5) is 4.79 Å². The highest BCUT2D eigenvalue weighted by atomic mass is 16.2. The SMILES string of the molecule is CCn1cccc1C(=O)N1CC2CC(NC(=O)[C@H]3CNC(=O)N3)CC2C1. The molecule has 4 amide bonds. The highest BCUT2D eigenvalue weighted by Gasteiger charge is 2.43. The highest BCUT2D eigenvalue weighted by Crippen LogP contribution is 2.38. The van der Waals surface area contributed by atoms with Gasteiger partial charge in [-0.1, -0.05) is 0 Å². The Bertz CT molecular complexity index is 716. The Morgan fingerprint density at radius 1 is 1.27 bits per heavy atom. The molecule has 4 rings (SSSR count). The minimum Gasteiger partial charge on any atom is -0.352 e. The summed E-state index contributed by atoms with van der Waals surface area (Å²) in [6.07, 6.45) is 3.72. The number of amides is 4. The van der Waals surface area contributed by atoms with Gasteiger partial charge in [-0.3, -0.25) is 9.59 Å². The van der Waals surface area contributed by atoms with Crippen molar-refractivity contribution in [2.24, 2.45) is 11.8 Å². The standard InChI is InChI=1S/C18H25N5O3/c1-2-22-5-3-4-15(22)17(25)23-9-11-6-13(7-12(11)10-23)20-16(24)14-8-19-18(26)21-14/h3-5,11-14H,2,6-10H2,1H3,(H,20,24)(H2,19,21,26)/t11?,12?,13?,14-/m1/s1. The van der Waals surface area contributed by atoms with Crippen molar-refractivity contribution in [3.05, 3.63) is 24.0 Å². The summed E-state index contributed by atoms with van der Waals surface area (Å²) in [4.78, 5) is 38.1. The van der Waals surface area contributed by atoms with E-state index in [1.54, 1.807) is 0 Å². The molecule has 26 heavy (non-hydrogen) atoms. The van der Waals surface area contributed by atoms with Crippen LogP contribution in [0, 0.1) is 11.8 Å². The Morgan fingerprint density at radius 3 is 2.62 bits per heavy atom. The van der Waals surface area contributed by atoms with E-state index in [1.165, 1.54) is 0 Å². The molecule has 3 heterocycles. The molecule has 1 saturated carbocycles. The number of nitrogens with one attached hydrogen (secondary N) is 3. The van der Waals surface area contributed by atoms with E-state index in [0.29, 0.717) is 18.4 Å². The third kappa shape index (κ3) is 3.04. The molecule has 0 aromatic carbocycles. The normalized spacial score (nSPS) is 30.0. The number of likely N-dealkylation sites (tertiary alicyclic amines) is 1. The van der Waals surface area contributed by atoms with Gasteiger partial charge in [-0.2, -0.15) is 0 Å². The Hall–Kier alpha value is -2.51. The summed E-state index contributed by atoms with van der Waals surface area (Å²) < 4.78 is 1.98. The average molecular weight is 359 g/mol. The van der Waals surface area contributed by atoms with E-state index in [0.717, 1.165) is 38.2 Å². The first-order valence-corrected chi connectivity index (χ1v) is 9.34. The number of hydrogen-bond acceptors (Lipinski definition) is 3. The van der Waals surface area contributed by atoms with Crippen molar-refractivity contribution in [2.75, 3.05) is 19.6 Å². The number of carbonyl (C=O) groups excluding carboxylic acids is 3. The minimum absolute atomic E-state index is 0.103. The summed E-state index contributed by atoms with van der Waals surface area (Å²) in [5, 5.41) is 8.27. The fourth-order valence-corrected chi connectivity index (χ4v) is 4.54. The van der Waals surface area contributed by atoms with E-state index in [4.69, 9.17) is 0 Å². The van der Waals surface area contributed by atoms with Crippen molar-refractivity contribution in [3.8, 4) is 0 Å². The molecule has 1 aliphatic carbocycles. The van der Waals surface area contributed by atoms with Crippen molar-refractivity contribution in [1.82, 2.24) is 25.4 Å². The van der Waals surface area contributed by atoms with Crippen LogP contribution in [-0.2, 0) is 11.3 Å². The fraction of sp³-hybridized carbons (Fsp3) is 0.611. The number of hydrogen-bond donors (Lipinski definition) is 3. The van der Waals surface area contributed by atoms with Gasteiger partial charge in [0.1, 0.15) is 11.7 Å². The maximum atomic E-state index is 12.8. The van der Waals surface area contributed by atoms with Crippen LogP contribution < -0.4 is 16.0 Å². The molecule has 2 aliphatic heterocycles. The fourth-order valence-electron chi connectivity index (χ4n) is 4.54. The van der Waals surface area contributed by atoms with Gasteiger partial charge in [0.2, 0.25) is 5.91 Å². The zero-order valence-corrected chi connectivity index (χ0v) is 14.9. The van der Waals surface area contributed by atoms with Gasteiger partial charge in [-0.15, -0.1) is 0 Å². The molecule has 2 saturated heterocycles. The van der Waals surface area contributed by atoms with Crippen LogP contribution >= 0.6 is 0 Å². The topological polar surface area (TPSA) is 95.5 Å². The van der Waals surface area contributed by atoms with Crippen molar-refractivity contribution in [2.45, 2.75) is 38.4 Å². The van der Waals surface area contributed by atoms with Crippen LogP contribution in [0.15, 0.2) is 18.3 Å². The maximum Gasteiger partial charge on any atom is 0.315 e. The molecule has 8 nitrogen and oxygen atoms in total. The summed E-state index contributed by atoms with van der Waals surface area (Å²) in [6, 6.07) is 3.15. The number of aromatic nitrogens is 1. The quantitative estimate of drug-likeness (QED) is 0.714. The van der Waals surface area contributed by atoms with Gasteiger partial charge in [-0.05, 0) is 43.7 Å². The van der Waals surface area contributed by atoms with E-state index >= 15 is 0 Å². The van der Waals surface area contributed by atoms with Crippen molar-refractivity contribution in [3.63, 3.8) is 0 Å². The number of rotatable bonds is 4. The second kappa shape index (κ2) is 6.66. The molecule has 3 atom stereocenters. The number of aryl methyl sites for hydroxylation is 1. The molecule has 3 aliphatic rings. The van der Waals surface area contributed by atoms with Crippen molar-refractivity contribution in [1.29, 1.82) is 0 Å². The number of urea groups is 1. The third-order valence-electron chi connectivity index (χ3n) is 5.86. The minimum atomic E-state index is -0.483. The second-order valence-corrected chi connectivity index (χ2v) is 7.49. The molecule has 3 N–H and O–H groups in total. The van der Waals surface area contributed by atoms with E-state index in [2.05, 4.69) is 16.0 Å². The molecular formula is C18H25N5O3. The van der Waals surface area contributed by atoms with Gasteiger partial charge >= 0.3 is 6.03 Å². The lowest BCUT2D eigenvalue weighted by Crippen LogP contribution is -2.46. The van der Waals surface area contributed by atoms with Gasteiger partial charge in [0.25, 0.3) is 5.91 Å². The number of carbonyl (C=O) groups is 3. The Balaban J connectivity index is 1.31. The van der Waals surface area contributed by atoms with Gasteiger partial charge < -0.3 is 25.4 Å². The third-order valence-corrected chi connectivity index (χ3v) is 5.86. The Kier molecular flexibility index (Phi) is 4.34. The molecule has 1 aromatic rings. The van der Waals surface area contributed by atoms with E-state index in [-0.39, 0.29) is 23.9 Å². The van der Waals surface area contributed by atoms with Gasteiger partial charge in [0, 0.05) is 38.4 Å². The number of nitrogens with zero attached hydrogens (tertiary/aromatic N) is 2. The van der Waals surface area contributed by atoms with Crippen LogP contribution in [-0.4, -0.2) is 59.0 Å². The molecule has 140 valence electrons. The maximum absolute atomic E-state index is 12.8. The van der Waals surface area contributed by atoms with E-state index in [9.17, 15) is 14.4 Å². The summed E-state index contributed by atoms with van der Waals surface area (Å²) in [7, 11) is 0. The van der Waals surface area contributed by atoms with E-state index in [1.807, 2.05) is 34.7 Å². The van der Waals surface area contributed by atoms with Gasteiger partial charge in [-0.25, -0.2) is 4.79 Å². The van der Waals surface area contributed by atoms with Crippen LogP contribution in [0.25, 0.3) is 0 Å². The molecule has 0 bridgehead atoms. The predicted molar refractivity (Wildman–Crippen MR) is 94.5 cm³/mol. The first-order valence-electron chi connectivity index (χ1n) is 9.34. The van der Waals surface area contributed by atoms with Gasteiger partial charge in [0.15, 0.2) is 0 Å².